The average molecular weight is 287 g/mol. The van der Waals surface area contributed by atoms with Crippen molar-refractivity contribution in [1.82, 2.24) is 15.1 Å². The number of hydrogen-bond donors (Lipinski definition) is 1. The van der Waals surface area contributed by atoms with Crippen molar-refractivity contribution < 1.29 is 9.59 Å². The Morgan fingerprint density at radius 2 is 1.95 bits per heavy atom. The number of hydrogen-bond acceptors (Lipinski definition) is 3. The average Bonchev–Trinajstić information content (AvgIpc) is 3.09. The molecule has 2 saturated heterocycles. The molecule has 1 atom stereocenters. The zero-order valence-corrected chi connectivity index (χ0v) is 12.1. The molecule has 2 fully saturated rings. The molecule has 0 radical (unpaired) electrons. The lowest BCUT2D eigenvalue weighted by molar-refractivity contribution is -0.125. The van der Waals surface area contributed by atoms with Crippen LogP contribution < -0.4 is 5.32 Å². The summed E-state index contributed by atoms with van der Waals surface area (Å²) >= 11 is 0. The van der Waals surface area contributed by atoms with Gasteiger partial charge in [0, 0.05) is 19.1 Å². The Labute approximate surface area is 124 Å². The fraction of sp³-hybridized carbons (Fsp3) is 0.500. The van der Waals surface area contributed by atoms with Crippen molar-refractivity contribution in [1.29, 1.82) is 0 Å². The Morgan fingerprint density at radius 1 is 1.14 bits per heavy atom. The third kappa shape index (κ3) is 3.08. The second-order valence-electron chi connectivity index (χ2n) is 5.66. The molecule has 2 aliphatic rings. The largest absolute Gasteiger partial charge is 0.329 e. The fourth-order valence-electron chi connectivity index (χ4n) is 3.26. The number of urea groups is 1. The Hall–Kier alpha value is -1.88. The maximum absolute atomic E-state index is 11.5. The monoisotopic (exact) mass is 287 g/mol. The maximum atomic E-state index is 11.5. The van der Waals surface area contributed by atoms with E-state index in [1.807, 2.05) is 6.07 Å². The molecule has 0 spiro atoms. The third-order valence-corrected chi connectivity index (χ3v) is 4.31. The highest BCUT2D eigenvalue weighted by Crippen LogP contribution is 2.31. The molecule has 5 nitrogen and oxygen atoms in total. The van der Waals surface area contributed by atoms with Gasteiger partial charge in [-0.25, -0.2) is 4.79 Å². The van der Waals surface area contributed by atoms with Crippen LogP contribution in [0.4, 0.5) is 4.79 Å². The van der Waals surface area contributed by atoms with E-state index >= 15 is 0 Å². The molecule has 3 amide bonds. The molecular weight excluding hydrogens is 266 g/mol. The van der Waals surface area contributed by atoms with Crippen LogP contribution in [0, 0.1) is 0 Å². The first-order valence-corrected chi connectivity index (χ1v) is 7.63. The number of carbonyl (C=O) groups is 2. The maximum Gasteiger partial charge on any atom is 0.324 e. The van der Waals surface area contributed by atoms with Crippen LogP contribution in [0.1, 0.15) is 30.9 Å². The summed E-state index contributed by atoms with van der Waals surface area (Å²) in [4.78, 5) is 26.8. The van der Waals surface area contributed by atoms with Gasteiger partial charge in [0.1, 0.15) is 0 Å². The van der Waals surface area contributed by atoms with Crippen molar-refractivity contribution in [2.24, 2.45) is 0 Å². The van der Waals surface area contributed by atoms with Gasteiger partial charge in [0.05, 0.1) is 6.54 Å². The fourth-order valence-corrected chi connectivity index (χ4v) is 3.26. The number of carbonyl (C=O) groups excluding carboxylic acids is 2. The Balaban J connectivity index is 1.53. The standard InChI is InChI=1S/C16H21N3O2/c20-15-12-17-16(21)19(15)11-5-10-18-9-4-8-14(18)13-6-2-1-3-7-13/h1-3,6-7,14H,4-5,8-12H2,(H,17,21)/t14-/m1/s1. The normalized spacial score (nSPS) is 22.9. The molecule has 1 N–H and O–H groups in total. The van der Waals surface area contributed by atoms with Crippen molar-refractivity contribution in [2.45, 2.75) is 25.3 Å². The highest BCUT2D eigenvalue weighted by molar-refractivity contribution is 6.01. The number of nitrogens with zero attached hydrogens (tertiary/aromatic N) is 2. The summed E-state index contributed by atoms with van der Waals surface area (Å²) in [6, 6.07) is 10.8. The molecule has 0 unspecified atom stereocenters. The molecule has 1 aromatic carbocycles. The number of benzene rings is 1. The lowest BCUT2D eigenvalue weighted by Crippen LogP contribution is -2.34. The molecule has 5 heteroatoms. The van der Waals surface area contributed by atoms with E-state index in [0.29, 0.717) is 12.6 Å². The van der Waals surface area contributed by atoms with Gasteiger partial charge in [-0.1, -0.05) is 30.3 Å². The first-order valence-electron chi connectivity index (χ1n) is 7.63. The second kappa shape index (κ2) is 6.26. The number of amides is 3. The highest BCUT2D eigenvalue weighted by atomic mass is 16.2. The number of rotatable bonds is 5. The van der Waals surface area contributed by atoms with Gasteiger partial charge in [-0.15, -0.1) is 0 Å². The zero-order valence-electron chi connectivity index (χ0n) is 12.1. The minimum atomic E-state index is -0.249. The van der Waals surface area contributed by atoms with E-state index in [2.05, 4.69) is 34.5 Å². The van der Waals surface area contributed by atoms with Crippen LogP contribution in [0.5, 0.6) is 0 Å². The van der Waals surface area contributed by atoms with Crippen LogP contribution in [0.3, 0.4) is 0 Å². The summed E-state index contributed by atoms with van der Waals surface area (Å²) in [6.45, 7) is 2.69. The molecule has 3 rings (SSSR count). The molecule has 2 aliphatic heterocycles. The number of imide groups is 1. The first-order chi connectivity index (χ1) is 10.3. The van der Waals surface area contributed by atoms with Crippen LogP contribution >= 0.6 is 0 Å². The lowest BCUT2D eigenvalue weighted by atomic mass is 10.0. The van der Waals surface area contributed by atoms with Gasteiger partial charge in [-0.05, 0) is 31.4 Å². The van der Waals surface area contributed by atoms with E-state index < -0.39 is 0 Å². The van der Waals surface area contributed by atoms with Crippen LogP contribution in [-0.2, 0) is 4.79 Å². The van der Waals surface area contributed by atoms with Gasteiger partial charge in [0.15, 0.2) is 0 Å². The van der Waals surface area contributed by atoms with Gasteiger partial charge in [0.25, 0.3) is 0 Å². The summed E-state index contributed by atoms with van der Waals surface area (Å²) < 4.78 is 0. The number of likely N-dealkylation sites (tertiary alicyclic amines) is 1. The summed E-state index contributed by atoms with van der Waals surface area (Å²) in [6.07, 6.45) is 3.23. The molecule has 0 bridgehead atoms. The summed E-state index contributed by atoms with van der Waals surface area (Å²) in [5, 5.41) is 2.56. The van der Waals surface area contributed by atoms with Crippen molar-refractivity contribution in [3.63, 3.8) is 0 Å². The minimum absolute atomic E-state index is 0.110. The van der Waals surface area contributed by atoms with Gasteiger partial charge in [-0.2, -0.15) is 0 Å². The van der Waals surface area contributed by atoms with Crippen molar-refractivity contribution in [3.05, 3.63) is 35.9 Å². The Bertz CT molecular complexity index is 502. The van der Waals surface area contributed by atoms with Gasteiger partial charge < -0.3 is 5.32 Å². The molecule has 1 aromatic rings. The predicted octanol–water partition coefficient (Wildman–Crippen LogP) is 1.77. The molecule has 112 valence electrons. The predicted molar refractivity (Wildman–Crippen MR) is 79.7 cm³/mol. The lowest BCUT2D eigenvalue weighted by Gasteiger charge is -2.25. The van der Waals surface area contributed by atoms with Crippen LogP contribution in [-0.4, -0.2) is 47.9 Å². The van der Waals surface area contributed by atoms with Crippen molar-refractivity contribution >= 4 is 11.9 Å². The van der Waals surface area contributed by atoms with E-state index in [4.69, 9.17) is 0 Å². The van der Waals surface area contributed by atoms with Crippen LogP contribution in [0.2, 0.25) is 0 Å². The topological polar surface area (TPSA) is 52.7 Å². The van der Waals surface area contributed by atoms with E-state index in [0.717, 1.165) is 19.5 Å². The Morgan fingerprint density at radius 3 is 2.67 bits per heavy atom. The van der Waals surface area contributed by atoms with E-state index in [-0.39, 0.29) is 18.5 Å². The first kappa shape index (κ1) is 14.1. The van der Waals surface area contributed by atoms with Gasteiger partial charge >= 0.3 is 6.03 Å². The summed E-state index contributed by atoms with van der Waals surface area (Å²) in [7, 11) is 0. The van der Waals surface area contributed by atoms with E-state index in [9.17, 15) is 9.59 Å². The quantitative estimate of drug-likeness (QED) is 0.840. The second-order valence-corrected chi connectivity index (χ2v) is 5.66. The highest BCUT2D eigenvalue weighted by Gasteiger charge is 2.29. The molecule has 0 aliphatic carbocycles. The number of nitrogens with one attached hydrogen (secondary N) is 1. The Kier molecular flexibility index (Phi) is 4.20. The van der Waals surface area contributed by atoms with Crippen LogP contribution in [0.25, 0.3) is 0 Å². The van der Waals surface area contributed by atoms with E-state index in [1.54, 1.807) is 0 Å². The van der Waals surface area contributed by atoms with Crippen molar-refractivity contribution in [3.8, 4) is 0 Å². The summed E-state index contributed by atoms with van der Waals surface area (Å²) in [5.41, 5.74) is 1.37. The minimum Gasteiger partial charge on any atom is -0.329 e. The molecule has 0 aromatic heterocycles. The van der Waals surface area contributed by atoms with Crippen LogP contribution in [0.15, 0.2) is 30.3 Å². The van der Waals surface area contributed by atoms with E-state index in [1.165, 1.54) is 23.3 Å². The third-order valence-electron chi connectivity index (χ3n) is 4.31. The molecule has 2 heterocycles. The SMILES string of the molecule is O=C1CNC(=O)N1CCCN1CCC[C@@H]1c1ccccc1. The molecule has 21 heavy (non-hydrogen) atoms. The van der Waals surface area contributed by atoms with Gasteiger partial charge in [-0.3, -0.25) is 14.6 Å². The van der Waals surface area contributed by atoms with Gasteiger partial charge in [0.2, 0.25) is 5.91 Å². The smallest absolute Gasteiger partial charge is 0.324 e. The molecular formula is C16H21N3O2. The zero-order chi connectivity index (χ0) is 14.7. The molecule has 0 saturated carbocycles. The summed E-state index contributed by atoms with van der Waals surface area (Å²) in [5.74, 6) is -0.110. The van der Waals surface area contributed by atoms with Crippen molar-refractivity contribution in [2.75, 3.05) is 26.2 Å².